The second-order valence-electron chi connectivity index (χ2n) is 7.15. The Balaban J connectivity index is 1.89. The highest BCUT2D eigenvalue weighted by atomic mass is 16.5. The molecule has 1 atom stereocenters. The number of nitrogens with one attached hydrogen (secondary N) is 2. The third-order valence-corrected chi connectivity index (χ3v) is 4.25. The molecule has 1 aromatic rings. The Bertz CT molecular complexity index is 612. The van der Waals surface area contributed by atoms with Crippen LogP contribution in [-0.4, -0.2) is 42.0 Å². The van der Waals surface area contributed by atoms with Crippen LogP contribution >= 0.6 is 0 Å². The van der Waals surface area contributed by atoms with E-state index in [-0.39, 0.29) is 12.5 Å². The minimum atomic E-state index is -0.885. The Morgan fingerprint density at radius 2 is 2.08 bits per heavy atom. The molecule has 2 amide bonds. The topological polar surface area (TPSA) is 96.9 Å². The Hall–Kier alpha value is -2.28. The summed E-state index contributed by atoms with van der Waals surface area (Å²) < 4.78 is 11.5. The second kappa shape index (κ2) is 9.43. The van der Waals surface area contributed by atoms with Crippen LogP contribution in [0.3, 0.4) is 0 Å². The molecule has 7 nitrogen and oxygen atoms in total. The summed E-state index contributed by atoms with van der Waals surface area (Å²) in [7, 11) is 0. The Morgan fingerprint density at radius 1 is 1.31 bits per heavy atom. The molecule has 7 heteroatoms. The first-order chi connectivity index (χ1) is 12.4. The molecule has 1 fully saturated rings. The Morgan fingerprint density at radius 3 is 2.77 bits per heavy atom. The van der Waals surface area contributed by atoms with Crippen LogP contribution in [0.25, 0.3) is 0 Å². The monoisotopic (exact) mass is 364 g/mol. The standard InChI is InChI=1S/C19H28N2O5/c1-19(2,11-10-17(22)23)21-18(24)20-15-8-3-4-9-16(15)26-13-14-7-5-6-12-25-14/h3-4,8-9,14H,5-7,10-13H2,1-2H3,(H,22,23)(H2,20,21,24). The first-order valence-corrected chi connectivity index (χ1v) is 9.00. The molecule has 0 radical (unpaired) electrons. The number of ether oxygens (including phenoxy) is 2. The van der Waals surface area contributed by atoms with Gasteiger partial charge in [-0.1, -0.05) is 12.1 Å². The van der Waals surface area contributed by atoms with Gasteiger partial charge in [0.05, 0.1) is 11.8 Å². The van der Waals surface area contributed by atoms with E-state index in [2.05, 4.69) is 10.6 Å². The summed E-state index contributed by atoms with van der Waals surface area (Å²) in [5, 5.41) is 14.4. The van der Waals surface area contributed by atoms with Crippen molar-refractivity contribution in [3.8, 4) is 5.75 Å². The van der Waals surface area contributed by atoms with E-state index in [1.165, 1.54) is 0 Å². The normalized spacial score (nSPS) is 17.4. The highest BCUT2D eigenvalue weighted by molar-refractivity contribution is 5.91. The quantitative estimate of drug-likeness (QED) is 0.657. The van der Waals surface area contributed by atoms with Gasteiger partial charge in [0.25, 0.3) is 0 Å². The van der Waals surface area contributed by atoms with Gasteiger partial charge >= 0.3 is 12.0 Å². The fourth-order valence-corrected chi connectivity index (χ4v) is 2.76. The average molecular weight is 364 g/mol. The number of carboxylic acid groups (broad SMARTS) is 1. The number of hydrogen-bond donors (Lipinski definition) is 3. The smallest absolute Gasteiger partial charge is 0.319 e. The zero-order valence-corrected chi connectivity index (χ0v) is 15.4. The van der Waals surface area contributed by atoms with Crippen molar-refractivity contribution in [2.24, 2.45) is 0 Å². The van der Waals surface area contributed by atoms with Crippen LogP contribution in [0, 0.1) is 0 Å². The fourth-order valence-electron chi connectivity index (χ4n) is 2.76. The molecule has 1 unspecified atom stereocenters. The molecule has 1 aliphatic rings. The maximum atomic E-state index is 12.3. The van der Waals surface area contributed by atoms with Crippen LogP contribution in [0.2, 0.25) is 0 Å². The molecule has 0 saturated carbocycles. The van der Waals surface area contributed by atoms with E-state index in [1.54, 1.807) is 26.0 Å². The van der Waals surface area contributed by atoms with Crippen LogP contribution in [0.1, 0.15) is 46.0 Å². The van der Waals surface area contributed by atoms with Crippen molar-refractivity contribution in [2.75, 3.05) is 18.5 Å². The summed E-state index contributed by atoms with van der Waals surface area (Å²) >= 11 is 0. The van der Waals surface area contributed by atoms with Gasteiger partial charge in [-0.2, -0.15) is 0 Å². The van der Waals surface area contributed by atoms with Crippen LogP contribution in [0.4, 0.5) is 10.5 Å². The molecule has 0 aliphatic carbocycles. The molecule has 0 aromatic heterocycles. The van der Waals surface area contributed by atoms with Gasteiger partial charge in [0.15, 0.2) is 0 Å². The van der Waals surface area contributed by atoms with Gasteiger partial charge in [-0.3, -0.25) is 4.79 Å². The van der Waals surface area contributed by atoms with Crippen LogP contribution < -0.4 is 15.4 Å². The maximum Gasteiger partial charge on any atom is 0.319 e. The van der Waals surface area contributed by atoms with Gasteiger partial charge < -0.3 is 25.2 Å². The van der Waals surface area contributed by atoms with E-state index in [4.69, 9.17) is 14.6 Å². The molecule has 3 N–H and O–H groups in total. The lowest BCUT2D eigenvalue weighted by Gasteiger charge is -2.26. The minimum Gasteiger partial charge on any atom is -0.489 e. The Kier molecular flexibility index (Phi) is 7.26. The Labute approximate surface area is 154 Å². The van der Waals surface area contributed by atoms with E-state index < -0.39 is 17.5 Å². The van der Waals surface area contributed by atoms with E-state index in [0.29, 0.717) is 24.5 Å². The van der Waals surface area contributed by atoms with E-state index >= 15 is 0 Å². The summed E-state index contributed by atoms with van der Waals surface area (Å²) in [6.45, 7) is 4.79. The number of anilines is 1. The molecule has 1 saturated heterocycles. The maximum absolute atomic E-state index is 12.3. The minimum absolute atomic E-state index is 0.00559. The summed E-state index contributed by atoms with van der Waals surface area (Å²) in [6, 6.07) is 6.83. The highest BCUT2D eigenvalue weighted by Crippen LogP contribution is 2.25. The van der Waals surface area contributed by atoms with Gasteiger partial charge in [0.1, 0.15) is 12.4 Å². The number of benzene rings is 1. The number of carbonyl (C=O) groups excluding carboxylic acids is 1. The molecule has 1 heterocycles. The highest BCUT2D eigenvalue weighted by Gasteiger charge is 2.22. The van der Waals surface area contributed by atoms with Crippen LogP contribution in [-0.2, 0) is 9.53 Å². The number of hydrogen-bond acceptors (Lipinski definition) is 4. The number of rotatable bonds is 8. The average Bonchev–Trinajstić information content (AvgIpc) is 2.60. The number of carbonyl (C=O) groups is 2. The van der Waals surface area contributed by atoms with E-state index in [9.17, 15) is 9.59 Å². The van der Waals surface area contributed by atoms with Gasteiger partial charge in [-0.15, -0.1) is 0 Å². The first-order valence-electron chi connectivity index (χ1n) is 9.00. The third kappa shape index (κ3) is 6.92. The SMILES string of the molecule is CC(C)(CCC(=O)O)NC(=O)Nc1ccccc1OCC1CCCCO1. The number of urea groups is 1. The largest absolute Gasteiger partial charge is 0.489 e. The lowest BCUT2D eigenvalue weighted by Crippen LogP contribution is -2.45. The number of aliphatic carboxylic acids is 1. The molecule has 1 aromatic carbocycles. The summed E-state index contributed by atoms with van der Waals surface area (Å²) in [4.78, 5) is 23.0. The molecule has 2 rings (SSSR count). The second-order valence-corrected chi connectivity index (χ2v) is 7.15. The summed E-state index contributed by atoms with van der Waals surface area (Å²) in [6.07, 6.45) is 3.63. The van der Waals surface area contributed by atoms with Gasteiger partial charge in [0, 0.05) is 18.6 Å². The van der Waals surface area contributed by atoms with E-state index in [1.807, 2.05) is 12.1 Å². The molecule has 144 valence electrons. The predicted molar refractivity (Wildman–Crippen MR) is 98.6 cm³/mol. The predicted octanol–water partition coefficient (Wildman–Crippen LogP) is 3.40. The van der Waals surface area contributed by atoms with Gasteiger partial charge in [0.2, 0.25) is 0 Å². The number of carboxylic acids is 1. The third-order valence-electron chi connectivity index (χ3n) is 4.25. The lowest BCUT2D eigenvalue weighted by molar-refractivity contribution is -0.137. The zero-order chi connectivity index (χ0) is 19.0. The van der Waals surface area contributed by atoms with Crippen molar-refractivity contribution in [3.63, 3.8) is 0 Å². The molecule has 1 aliphatic heterocycles. The van der Waals surface area contributed by atoms with Gasteiger partial charge in [-0.05, 0) is 51.7 Å². The van der Waals surface area contributed by atoms with Crippen molar-refractivity contribution in [2.45, 2.75) is 57.6 Å². The molecule has 26 heavy (non-hydrogen) atoms. The van der Waals surface area contributed by atoms with Crippen molar-refractivity contribution in [1.82, 2.24) is 5.32 Å². The number of para-hydroxylation sites is 2. The fraction of sp³-hybridized carbons (Fsp3) is 0.579. The van der Waals surface area contributed by atoms with Crippen LogP contribution in [0.5, 0.6) is 5.75 Å². The molecule has 0 spiro atoms. The zero-order valence-electron chi connectivity index (χ0n) is 15.4. The van der Waals surface area contributed by atoms with Crippen molar-refractivity contribution in [3.05, 3.63) is 24.3 Å². The summed E-state index contributed by atoms with van der Waals surface area (Å²) in [5.74, 6) is -0.302. The van der Waals surface area contributed by atoms with Crippen molar-refractivity contribution in [1.29, 1.82) is 0 Å². The molecule has 0 bridgehead atoms. The van der Waals surface area contributed by atoms with Crippen molar-refractivity contribution >= 4 is 17.7 Å². The summed E-state index contributed by atoms with van der Waals surface area (Å²) in [5.41, 5.74) is -0.0661. The van der Waals surface area contributed by atoms with Crippen molar-refractivity contribution < 1.29 is 24.2 Å². The first kappa shape index (κ1) is 20.0. The molecular formula is C19H28N2O5. The van der Waals surface area contributed by atoms with Crippen LogP contribution in [0.15, 0.2) is 24.3 Å². The van der Waals surface area contributed by atoms with Gasteiger partial charge in [-0.25, -0.2) is 4.79 Å². The van der Waals surface area contributed by atoms with E-state index in [0.717, 1.165) is 25.9 Å². The lowest BCUT2D eigenvalue weighted by atomic mass is 9.99. The number of amides is 2. The molecular weight excluding hydrogens is 336 g/mol.